The van der Waals surface area contributed by atoms with E-state index in [2.05, 4.69) is 19.2 Å². The second-order valence-corrected chi connectivity index (χ2v) is 3.34. The van der Waals surface area contributed by atoms with E-state index in [9.17, 15) is 0 Å². The topological polar surface area (TPSA) is 41.5 Å². The molecule has 0 radical (unpaired) electrons. The van der Waals surface area contributed by atoms with Crippen LogP contribution in [-0.2, 0) is 4.74 Å². The Morgan fingerprint density at radius 2 is 2.08 bits per heavy atom. The summed E-state index contributed by atoms with van der Waals surface area (Å²) < 4.78 is 5.07. The minimum atomic E-state index is 0.255. The second-order valence-electron chi connectivity index (χ2n) is 3.34. The van der Waals surface area contributed by atoms with Gasteiger partial charge in [0.1, 0.15) is 0 Å². The molecule has 74 valence electrons. The second kappa shape index (κ2) is 7.53. The van der Waals surface area contributed by atoms with Crippen LogP contribution in [0.25, 0.3) is 0 Å². The maximum Gasteiger partial charge on any atom is 0.0618 e. The van der Waals surface area contributed by atoms with Crippen LogP contribution in [-0.4, -0.2) is 38.0 Å². The van der Waals surface area contributed by atoms with Gasteiger partial charge in [0.15, 0.2) is 0 Å². The summed E-state index contributed by atoms with van der Waals surface area (Å²) in [5.74, 6) is 0.573. The van der Waals surface area contributed by atoms with E-state index in [1.54, 1.807) is 7.11 Å². The summed E-state index contributed by atoms with van der Waals surface area (Å²) in [6, 6.07) is 0.404. The highest BCUT2D eigenvalue weighted by Gasteiger charge is 2.10. The Morgan fingerprint density at radius 3 is 2.50 bits per heavy atom. The molecule has 0 aromatic heterocycles. The Kier molecular flexibility index (Phi) is 7.45. The average Bonchev–Trinajstić information content (AvgIpc) is 2.03. The zero-order valence-corrected chi connectivity index (χ0v) is 8.34. The summed E-state index contributed by atoms with van der Waals surface area (Å²) in [5.41, 5.74) is 0. The number of aliphatic hydroxyl groups excluding tert-OH is 1. The van der Waals surface area contributed by atoms with Crippen LogP contribution >= 0.6 is 0 Å². The molecule has 3 heteroatoms. The SMILES string of the molecule is COCC(NCCCO)C(C)C. The predicted octanol–water partition coefficient (Wildman–Crippen LogP) is 0.629. The van der Waals surface area contributed by atoms with Gasteiger partial charge in [-0.25, -0.2) is 0 Å². The number of ether oxygens (including phenoxy) is 1. The van der Waals surface area contributed by atoms with Gasteiger partial charge in [0.05, 0.1) is 6.61 Å². The van der Waals surface area contributed by atoms with Gasteiger partial charge >= 0.3 is 0 Å². The fourth-order valence-electron chi connectivity index (χ4n) is 1.03. The number of nitrogens with one attached hydrogen (secondary N) is 1. The third-order valence-electron chi connectivity index (χ3n) is 1.89. The molecule has 0 aromatic rings. The first-order valence-electron chi connectivity index (χ1n) is 4.55. The number of rotatable bonds is 7. The first kappa shape index (κ1) is 11.9. The summed E-state index contributed by atoms with van der Waals surface area (Å²) in [6.07, 6.45) is 0.812. The molecule has 0 heterocycles. The van der Waals surface area contributed by atoms with Crippen LogP contribution in [0.1, 0.15) is 20.3 Å². The van der Waals surface area contributed by atoms with Crippen LogP contribution in [0.4, 0.5) is 0 Å². The molecule has 1 unspecified atom stereocenters. The lowest BCUT2D eigenvalue weighted by molar-refractivity contribution is 0.145. The van der Waals surface area contributed by atoms with E-state index in [0.717, 1.165) is 19.6 Å². The summed E-state index contributed by atoms with van der Waals surface area (Å²) in [6.45, 7) is 6.18. The van der Waals surface area contributed by atoms with E-state index in [4.69, 9.17) is 9.84 Å². The van der Waals surface area contributed by atoms with E-state index in [0.29, 0.717) is 12.0 Å². The molecule has 2 N–H and O–H groups in total. The van der Waals surface area contributed by atoms with Crippen molar-refractivity contribution in [2.75, 3.05) is 26.9 Å². The van der Waals surface area contributed by atoms with E-state index < -0.39 is 0 Å². The van der Waals surface area contributed by atoms with E-state index >= 15 is 0 Å². The molecule has 0 bridgehead atoms. The van der Waals surface area contributed by atoms with Gasteiger partial charge in [-0.15, -0.1) is 0 Å². The first-order valence-corrected chi connectivity index (χ1v) is 4.55. The van der Waals surface area contributed by atoms with Crippen molar-refractivity contribution in [3.05, 3.63) is 0 Å². The van der Waals surface area contributed by atoms with Crippen LogP contribution < -0.4 is 5.32 Å². The van der Waals surface area contributed by atoms with Crippen molar-refractivity contribution in [2.45, 2.75) is 26.3 Å². The van der Waals surface area contributed by atoms with Gasteiger partial charge < -0.3 is 15.2 Å². The van der Waals surface area contributed by atoms with Crippen LogP contribution in [0.5, 0.6) is 0 Å². The largest absolute Gasteiger partial charge is 0.396 e. The van der Waals surface area contributed by atoms with Crippen molar-refractivity contribution in [3.8, 4) is 0 Å². The van der Waals surface area contributed by atoms with Crippen LogP contribution in [0.2, 0.25) is 0 Å². The van der Waals surface area contributed by atoms with Gasteiger partial charge in [0, 0.05) is 19.8 Å². The highest BCUT2D eigenvalue weighted by Crippen LogP contribution is 2.01. The molecule has 0 amide bonds. The number of aliphatic hydroxyl groups is 1. The summed E-state index contributed by atoms with van der Waals surface area (Å²) >= 11 is 0. The third kappa shape index (κ3) is 5.52. The van der Waals surface area contributed by atoms with E-state index in [-0.39, 0.29) is 6.61 Å². The molecule has 1 atom stereocenters. The highest BCUT2D eigenvalue weighted by molar-refractivity contribution is 4.69. The normalized spacial score (nSPS) is 13.8. The summed E-state index contributed by atoms with van der Waals surface area (Å²) in [5, 5.41) is 11.9. The van der Waals surface area contributed by atoms with Gasteiger partial charge in [-0.3, -0.25) is 0 Å². The van der Waals surface area contributed by atoms with Crippen LogP contribution in [0, 0.1) is 5.92 Å². The Bertz CT molecular complexity index is 96.5. The lowest BCUT2D eigenvalue weighted by atomic mass is 10.1. The van der Waals surface area contributed by atoms with Gasteiger partial charge in [-0.05, 0) is 18.9 Å². The minimum Gasteiger partial charge on any atom is -0.396 e. The quantitative estimate of drug-likeness (QED) is 0.558. The lowest BCUT2D eigenvalue weighted by Gasteiger charge is -2.21. The van der Waals surface area contributed by atoms with Crippen molar-refractivity contribution >= 4 is 0 Å². The summed E-state index contributed by atoms with van der Waals surface area (Å²) in [7, 11) is 1.71. The molecule has 12 heavy (non-hydrogen) atoms. The van der Waals surface area contributed by atoms with Crippen molar-refractivity contribution in [1.29, 1.82) is 0 Å². The van der Waals surface area contributed by atoms with Crippen molar-refractivity contribution < 1.29 is 9.84 Å². The Hall–Kier alpha value is -0.120. The molecular formula is C9H21NO2. The maximum absolute atomic E-state index is 8.58. The molecule has 0 spiro atoms. The highest BCUT2D eigenvalue weighted by atomic mass is 16.5. The Labute approximate surface area is 75.1 Å². The fourth-order valence-corrected chi connectivity index (χ4v) is 1.03. The van der Waals surface area contributed by atoms with Gasteiger partial charge in [0.2, 0.25) is 0 Å². The van der Waals surface area contributed by atoms with Crippen LogP contribution in [0.15, 0.2) is 0 Å². The fraction of sp³-hybridized carbons (Fsp3) is 1.00. The third-order valence-corrected chi connectivity index (χ3v) is 1.89. The van der Waals surface area contributed by atoms with Crippen molar-refractivity contribution in [3.63, 3.8) is 0 Å². The lowest BCUT2D eigenvalue weighted by Crippen LogP contribution is -2.38. The Balaban J connectivity index is 3.49. The average molecular weight is 175 g/mol. The molecular weight excluding hydrogens is 154 g/mol. The molecule has 0 aliphatic carbocycles. The number of hydrogen-bond acceptors (Lipinski definition) is 3. The monoisotopic (exact) mass is 175 g/mol. The van der Waals surface area contributed by atoms with Gasteiger partial charge in [0.25, 0.3) is 0 Å². The molecule has 0 saturated carbocycles. The van der Waals surface area contributed by atoms with E-state index in [1.165, 1.54) is 0 Å². The molecule has 0 fully saturated rings. The summed E-state index contributed by atoms with van der Waals surface area (Å²) in [4.78, 5) is 0. The smallest absolute Gasteiger partial charge is 0.0618 e. The van der Waals surface area contributed by atoms with Crippen molar-refractivity contribution in [2.24, 2.45) is 5.92 Å². The minimum absolute atomic E-state index is 0.255. The van der Waals surface area contributed by atoms with Crippen LogP contribution in [0.3, 0.4) is 0 Å². The maximum atomic E-state index is 8.58. The van der Waals surface area contributed by atoms with Gasteiger partial charge in [-0.2, -0.15) is 0 Å². The zero-order valence-electron chi connectivity index (χ0n) is 8.34. The van der Waals surface area contributed by atoms with E-state index in [1.807, 2.05) is 0 Å². The molecule has 0 aliphatic rings. The van der Waals surface area contributed by atoms with Gasteiger partial charge in [-0.1, -0.05) is 13.8 Å². The molecule has 0 rings (SSSR count). The zero-order chi connectivity index (χ0) is 9.40. The first-order chi connectivity index (χ1) is 5.72. The predicted molar refractivity (Wildman–Crippen MR) is 50.2 cm³/mol. The molecule has 0 aromatic carbocycles. The number of methoxy groups -OCH3 is 1. The number of hydrogen-bond donors (Lipinski definition) is 2. The molecule has 0 aliphatic heterocycles. The Morgan fingerprint density at radius 1 is 1.42 bits per heavy atom. The molecule has 3 nitrogen and oxygen atoms in total. The molecule has 0 saturated heterocycles. The van der Waals surface area contributed by atoms with Crippen molar-refractivity contribution in [1.82, 2.24) is 5.32 Å². The standard InChI is InChI=1S/C9H21NO2/c1-8(2)9(7-12-3)10-5-4-6-11/h8-11H,4-7H2,1-3H3.